The van der Waals surface area contributed by atoms with Crippen LogP contribution in [0, 0.1) is 5.82 Å². The lowest BCUT2D eigenvalue weighted by molar-refractivity contribution is 0.0519. The first-order valence-corrected chi connectivity index (χ1v) is 10.6. The van der Waals surface area contributed by atoms with Crippen LogP contribution in [0.1, 0.15) is 17.4 Å². The van der Waals surface area contributed by atoms with Crippen LogP contribution in [0.25, 0.3) is 16.9 Å². The van der Waals surface area contributed by atoms with Crippen LogP contribution in [0.15, 0.2) is 53.4 Å². The van der Waals surface area contributed by atoms with Crippen LogP contribution in [-0.4, -0.2) is 44.1 Å². The second-order valence-corrected chi connectivity index (χ2v) is 8.18. The summed E-state index contributed by atoms with van der Waals surface area (Å²) in [5.74, 6) is -1.11. The van der Waals surface area contributed by atoms with Crippen LogP contribution in [0.2, 0.25) is 0 Å². The number of rotatable bonds is 6. The van der Waals surface area contributed by atoms with E-state index in [0.29, 0.717) is 16.9 Å². The molecule has 152 valence electrons. The maximum absolute atomic E-state index is 13.8. The Labute approximate surface area is 167 Å². The van der Waals surface area contributed by atoms with E-state index in [4.69, 9.17) is 9.47 Å². The monoisotopic (exact) mass is 418 g/mol. The lowest BCUT2D eigenvalue weighted by Crippen LogP contribution is -2.07. The summed E-state index contributed by atoms with van der Waals surface area (Å²) in [6.45, 7) is 1.87. The van der Waals surface area contributed by atoms with Crippen molar-refractivity contribution in [2.75, 3.05) is 20.0 Å². The second-order valence-electron chi connectivity index (χ2n) is 6.16. The number of esters is 1. The van der Waals surface area contributed by atoms with Gasteiger partial charge in [-0.25, -0.2) is 22.3 Å². The highest BCUT2D eigenvalue weighted by molar-refractivity contribution is 7.90. The van der Waals surface area contributed by atoms with Crippen molar-refractivity contribution in [3.05, 3.63) is 60.0 Å². The molecule has 0 amide bonds. The zero-order valence-corrected chi connectivity index (χ0v) is 16.9. The van der Waals surface area contributed by atoms with E-state index < -0.39 is 21.6 Å². The second kappa shape index (κ2) is 8.04. The van der Waals surface area contributed by atoms with Gasteiger partial charge >= 0.3 is 5.97 Å². The van der Waals surface area contributed by atoms with E-state index in [2.05, 4.69) is 5.10 Å². The Morgan fingerprint density at radius 3 is 2.41 bits per heavy atom. The molecule has 0 atom stereocenters. The van der Waals surface area contributed by atoms with Crippen molar-refractivity contribution in [3.63, 3.8) is 0 Å². The molecule has 0 bridgehead atoms. The molecule has 1 aromatic heterocycles. The average molecular weight is 418 g/mol. The Balaban J connectivity index is 2.16. The highest BCUT2D eigenvalue weighted by Gasteiger charge is 2.19. The predicted molar refractivity (Wildman–Crippen MR) is 105 cm³/mol. The smallest absolute Gasteiger partial charge is 0.358 e. The quantitative estimate of drug-likeness (QED) is 0.571. The van der Waals surface area contributed by atoms with Gasteiger partial charge in [-0.15, -0.1) is 0 Å². The Hall–Kier alpha value is -3.20. The summed E-state index contributed by atoms with van der Waals surface area (Å²) in [6, 6.07) is 11.9. The number of carbonyl (C=O) groups excluding carboxylic acids is 1. The highest BCUT2D eigenvalue weighted by Crippen LogP contribution is 2.28. The van der Waals surface area contributed by atoms with Gasteiger partial charge in [0.25, 0.3) is 0 Å². The van der Waals surface area contributed by atoms with Crippen molar-refractivity contribution in [3.8, 4) is 22.7 Å². The number of hydrogen-bond acceptors (Lipinski definition) is 6. The molecular formula is C20H19FN2O5S. The number of methoxy groups -OCH3 is 1. The van der Waals surface area contributed by atoms with Gasteiger partial charge in [0.15, 0.2) is 27.1 Å². The molecule has 2 aromatic carbocycles. The van der Waals surface area contributed by atoms with Gasteiger partial charge in [0.2, 0.25) is 0 Å². The van der Waals surface area contributed by atoms with Crippen molar-refractivity contribution >= 4 is 15.8 Å². The summed E-state index contributed by atoms with van der Waals surface area (Å²) in [4.78, 5) is 12.3. The maximum Gasteiger partial charge on any atom is 0.358 e. The zero-order chi connectivity index (χ0) is 21.2. The third kappa shape index (κ3) is 4.29. The van der Waals surface area contributed by atoms with Crippen molar-refractivity contribution in [2.45, 2.75) is 11.8 Å². The normalized spacial score (nSPS) is 11.3. The van der Waals surface area contributed by atoms with E-state index in [0.717, 1.165) is 6.26 Å². The fourth-order valence-electron chi connectivity index (χ4n) is 2.74. The summed E-state index contributed by atoms with van der Waals surface area (Å²) < 4.78 is 48.7. The fourth-order valence-corrected chi connectivity index (χ4v) is 3.37. The van der Waals surface area contributed by atoms with Gasteiger partial charge in [-0.1, -0.05) is 12.1 Å². The van der Waals surface area contributed by atoms with E-state index in [-0.39, 0.29) is 22.9 Å². The Bertz CT molecular complexity index is 1150. The predicted octanol–water partition coefficient (Wildman–Crippen LogP) is 3.27. The topological polar surface area (TPSA) is 87.5 Å². The average Bonchev–Trinajstić information content (AvgIpc) is 3.13. The standard InChI is InChI=1S/C20H19FN2O5S/c1-4-28-20(24)17-12-18(13-5-8-15(9-6-13)29(3,25)26)23(22-17)14-7-10-16(21)19(11-14)27-2/h5-12H,4H2,1-3H3. The molecule has 1 heterocycles. The summed E-state index contributed by atoms with van der Waals surface area (Å²) >= 11 is 0. The van der Waals surface area contributed by atoms with Gasteiger partial charge in [0.05, 0.1) is 30.0 Å². The third-order valence-electron chi connectivity index (χ3n) is 4.15. The Kier molecular flexibility index (Phi) is 5.69. The minimum atomic E-state index is -3.35. The van der Waals surface area contributed by atoms with Crippen LogP contribution in [0.4, 0.5) is 4.39 Å². The van der Waals surface area contributed by atoms with Gasteiger partial charge in [-0.2, -0.15) is 5.10 Å². The van der Waals surface area contributed by atoms with Crippen molar-refractivity contribution in [1.82, 2.24) is 9.78 Å². The van der Waals surface area contributed by atoms with E-state index in [9.17, 15) is 17.6 Å². The number of hydrogen-bond donors (Lipinski definition) is 0. The van der Waals surface area contributed by atoms with Crippen LogP contribution in [0.5, 0.6) is 5.75 Å². The molecule has 3 aromatic rings. The number of benzene rings is 2. The number of halogens is 1. The number of sulfone groups is 1. The SMILES string of the molecule is CCOC(=O)c1cc(-c2ccc(S(C)(=O)=O)cc2)n(-c2ccc(F)c(OC)c2)n1. The third-order valence-corrected chi connectivity index (χ3v) is 5.28. The van der Waals surface area contributed by atoms with Crippen LogP contribution in [-0.2, 0) is 14.6 Å². The first-order valence-electron chi connectivity index (χ1n) is 8.66. The molecule has 0 radical (unpaired) electrons. The summed E-state index contributed by atoms with van der Waals surface area (Å²) in [7, 11) is -2.00. The zero-order valence-electron chi connectivity index (χ0n) is 16.0. The molecule has 0 fully saturated rings. The van der Waals surface area contributed by atoms with E-state index >= 15 is 0 Å². The largest absolute Gasteiger partial charge is 0.494 e. The summed E-state index contributed by atoms with van der Waals surface area (Å²) in [5.41, 5.74) is 1.64. The van der Waals surface area contributed by atoms with E-state index in [1.807, 2.05) is 0 Å². The van der Waals surface area contributed by atoms with Crippen LogP contribution >= 0.6 is 0 Å². The van der Waals surface area contributed by atoms with Crippen molar-refractivity contribution in [1.29, 1.82) is 0 Å². The fraction of sp³-hybridized carbons (Fsp3) is 0.200. The molecule has 0 aliphatic carbocycles. The molecule has 0 spiro atoms. The summed E-state index contributed by atoms with van der Waals surface area (Å²) in [5, 5.41) is 4.30. The van der Waals surface area contributed by atoms with Gasteiger partial charge in [0, 0.05) is 17.9 Å². The number of ether oxygens (including phenoxy) is 2. The van der Waals surface area contributed by atoms with Gasteiger partial charge in [0.1, 0.15) is 0 Å². The summed E-state index contributed by atoms with van der Waals surface area (Å²) in [6.07, 6.45) is 1.12. The molecule has 29 heavy (non-hydrogen) atoms. The molecular weight excluding hydrogens is 399 g/mol. The van der Waals surface area contributed by atoms with Crippen LogP contribution in [0.3, 0.4) is 0 Å². The van der Waals surface area contributed by atoms with Gasteiger partial charge in [-0.05, 0) is 37.3 Å². The van der Waals surface area contributed by atoms with E-state index in [1.165, 1.54) is 48.2 Å². The Morgan fingerprint density at radius 2 is 1.83 bits per heavy atom. The van der Waals surface area contributed by atoms with Crippen LogP contribution < -0.4 is 4.74 Å². The molecule has 0 aliphatic rings. The Morgan fingerprint density at radius 1 is 1.14 bits per heavy atom. The highest BCUT2D eigenvalue weighted by atomic mass is 32.2. The first-order chi connectivity index (χ1) is 13.7. The molecule has 3 rings (SSSR count). The van der Waals surface area contributed by atoms with Gasteiger partial charge < -0.3 is 9.47 Å². The molecule has 0 saturated carbocycles. The van der Waals surface area contributed by atoms with Crippen molar-refractivity contribution in [2.24, 2.45) is 0 Å². The molecule has 0 aliphatic heterocycles. The molecule has 7 nitrogen and oxygen atoms in total. The van der Waals surface area contributed by atoms with E-state index in [1.54, 1.807) is 19.1 Å². The first kappa shape index (κ1) is 20.5. The van der Waals surface area contributed by atoms with Gasteiger partial charge in [-0.3, -0.25) is 0 Å². The van der Waals surface area contributed by atoms with Crippen molar-refractivity contribution < 1.29 is 27.1 Å². The maximum atomic E-state index is 13.8. The minimum absolute atomic E-state index is 0.0223. The molecule has 0 unspecified atom stereocenters. The lowest BCUT2D eigenvalue weighted by Gasteiger charge is -2.10. The molecule has 0 N–H and O–H groups in total. The molecule has 0 saturated heterocycles. The number of aromatic nitrogens is 2. The number of nitrogens with zero attached hydrogens (tertiary/aromatic N) is 2. The number of carbonyl (C=O) groups is 1. The minimum Gasteiger partial charge on any atom is -0.494 e. The lowest BCUT2D eigenvalue weighted by atomic mass is 10.1. The molecule has 9 heteroatoms.